The largest absolute Gasteiger partial charge is 0.515 e. The number of fused-ring (bicyclic) bond motifs is 5. The van der Waals surface area contributed by atoms with E-state index in [1.54, 1.807) is 0 Å². The van der Waals surface area contributed by atoms with Gasteiger partial charge in [0.2, 0.25) is 0 Å². The molecule has 0 heterocycles. The van der Waals surface area contributed by atoms with E-state index in [4.69, 9.17) is 0 Å². The van der Waals surface area contributed by atoms with Crippen molar-refractivity contribution < 1.29 is 10.2 Å². The summed E-state index contributed by atoms with van der Waals surface area (Å²) in [4.78, 5) is 0. The average Bonchev–Trinajstić information content (AvgIpc) is 2.88. The molecule has 0 aromatic carbocycles. The fourth-order valence-electron chi connectivity index (χ4n) is 8.25. The Bertz CT molecular complexity index is 591. The SMILES string of the molecule is CC[C@H]1C(=CO)C(=CO)[C@H]2[C@@H]3CCC4CCCC[C@]4(C)[C@H]3CC[C@]12C. The Hall–Kier alpha value is -0.920. The minimum Gasteiger partial charge on any atom is -0.515 e. The van der Waals surface area contributed by atoms with Crippen LogP contribution in [0.3, 0.4) is 0 Å². The predicted molar refractivity (Wildman–Crippen MR) is 102 cm³/mol. The van der Waals surface area contributed by atoms with Crippen molar-refractivity contribution in [1.82, 2.24) is 0 Å². The highest BCUT2D eigenvalue weighted by Crippen LogP contribution is 2.69. The van der Waals surface area contributed by atoms with Crippen molar-refractivity contribution >= 4 is 0 Å². The number of hydrogen-bond acceptors (Lipinski definition) is 2. The molecule has 4 aliphatic carbocycles. The molecule has 0 amide bonds. The molecule has 1 unspecified atom stereocenters. The first-order valence-electron chi connectivity index (χ1n) is 10.7. The maximum atomic E-state index is 10.1. The van der Waals surface area contributed by atoms with Gasteiger partial charge < -0.3 is 10.2 Å². The van der Waals surface area contributed by atoms with Gasteiger partial charge in [-0.05, 0) is 96.5 Å². The third-order valence-electron chi connectivity index (χ3n) is 9.32. The zero-order valence-corrected chi connectivity index (χ0v) is 16.3. The molecule has 2 nitrogen and oxygen atoms in total. The topological polar surface area (TPSA) is 40.5 Å². The van der Waals surface area contributed by atoms with Gasteiger partial charge in [0.1, 0.15) is 0 Å². The number of allylic oxidation sites excluding steroid dienone is 2. The molecule has 4 saturated carbocycles. The molecule has 7 atom stereocenters. The van der Waals surface area contributed by atoms with E-state index in [9.17, 15) is 10.2 Å². The van der Waals surface area contributed by atoms with Gasteiger partial charge in [0, 0.05) is 0 Å². The highest BCUT2D eigenvalue weighted by atomic mass is 16.2. The second-order valence-electron chi connectivity index (χ2n) is 9.95. The van der Waals surface area contributed by atoms with Crippen LogP contribution >= 0.6 is 0 Å². The predicted octanol–water partition coefficient (Wildman–Crippen LogP) is 6.55. The normalized spacial score (nSPS) is 52.7. The minimum atomic E-state index is 0.205. The van der Waals surface area contributed by atoms with Crippen LogP contribution in [0.25, 0.3) is 0 Å². The van der Waals surface area contributed by atoms with Crippen LogP contribution in [0.1, 0.15) is 78.6 Å². The van der Waals surface area contributed by atoms with Gasteiger partial charge in [-0.15, -0.1) is 0 Å². The Morgan fingerprint density at radius 1 is 0.920 bits per heavy atom. The van der Waals surface area contributed by atoms with Gasteiger partial charge in [-0.1, -0.05) is 33.6 Å². The molecule has 0 saturated heterocycles. The summed E-state index contributed by atoms with van der Waals surface area (Å²) in [6.07, 6.45) is 14.7. The van der Waals surface area contributed by atoms with Gasteiger partial charge in [-0.3, -0.25) is 0 Å². The standard InChI is InChI=1S/C23H36O2/c1-4-19-17(13-24)18(14-25)21-16-9-8-15-7-5-6-11-22(15,2)20(16)10-12-23(19,21)3/h13-16,19-21,24-25H,4-12H2,1-3H3/t15?,16-,19+,20+,21-,22+,23-/m1/s1. The average molecular weight is 345 g/mol. The summed E-state index contributed by atoms with van der Waals surface area (Å²) in [5, 5.41) is 20.1. The second-order valence-corrected chi connectivity index (χ2v) is 9.95. The van der Waals surface area contributed by atoms with Crippen molar-refractivity contribution in [1.29, 1.82) is 0 Å². The van der Waals surface area contributed by atoms with Gasteiger partial charge >= 0.3 is 0 Å². The maximum Gasteiger partial charge on any atom is 0.0830 e. The lowest BCUT2D eigenvalue weighted by Gasteiger charge is -2.60. The molecule has 2 N–H and O–H groups in total. The maximum absolute atomic E-state index is 10.1. The molecule has 0 spiro atoms. The molecule has 4 aliphatic rings. The summed E-state index contributed by atoms with van der Waals surface area (Å²) in [6.45, 7) is 7.27. The van der Waals surface area contributed by atoms with Crippen LogP contribution in [0, 0.1) is 40.4 Å². The third-order valence-corrected chi connectivity index (χ3v) is 9.32. The van der Waals surface area contributed by atoms with Gasteiger partial charge in [-0.2, -0.15) is 0 Å². The van der Waals surface area contributed by atoms with Crippen molar-refractivity contribution in [3.8, 4) is 0 Å². The first-order chi connectivity index (χ1) is 12.0. The van der Waals surface area contributed by atoms with E-state index >= 15 is 0 Å². The molecular weight excluding hydrogens is 308 g/mol. The van der Waals surface area contributed by atoms with Crippen molar-refractivity contribution in [2.75, 3.05) is 0 Å². The Kier molecular flexibility index (Phi) is 4.24. The Morgan fingerprint density at radius 2 is 1.68 bits per heavy atom. The van der Waals surface area contributed by atoms with Crippen LogP contribution in [0.4, 0.5) is 0 Å². The number of aliphatic hydroxyl groups excluding tert-OH is 2. The monoisotopic (exact) mass is 344 g/mol. The lowest BCUT2D eigenvalue weighted by molar-refractivity contribution is -0.104. The van der Waals surface area contributed by atoms with Crippen molar-refractivity contribution in [2.24, 2.45) is 40.4 Å². The molecule has 25 heavy (non-hydrogen) atoms. The summed E-state index contributed by atoms with van der Waals surface area (Å²) in [7, 11) is 0. The lowest BCUT2D eigenvalue weighted by Crippen LogP contribution is -2.52. The van der Waals surface area contributed by atoms with Crippen molar-refractivity contribution in [3.05, 3.63) is 23.7 Å². The summed E-state index contributed by atoms with van der Waals surface area (Å²) >= 11 is 0. The van der Waals surface area contributed by atoms with Crippen molar-refractivity contribution in [2.45, 2.75) is 78.6 Å². The van der Waals surface area contributed by atoms with Crippen LogP contribution in [0.15, 0.2) is 23.7 Å². The molecule has 0 bridgehead atoms. The van der Waals surface area contributed by atoms with E-state index in [0.717, 1.165) is 29.4 Å². The van der Waals surface area contributed by atoms with Gasteiger partial charge in [0.15, 0.2) is 0 Å². The summed E-state index contributed by atoms with van der Waals surface area (Å²) in [5.74, 6) is 3.22. The molecule has 0 aromatic heterocycles. The zero-order valence-electron chi connectivity index (χ0n) is 16.3. The molecule has 4 rings (SSSR count). The van der Waals surface area contributed by atoms with Crippen LogP contribution in [-0.4, -0.2) is 10.2 Å². The van der Waals surface area contributed by atoms with Gasteiger partial charge in [-0.25, -0.2) is 0 Å². The van der Waals surface area contributed by atoms with E-state index in [1.165, 1.54) is 63.9 Å². The summed E-state index contributed by atoms with van der Waals surface area (Å²) in [6, 6.07) is 0. The van der Waals surface area contributed by atoms with E-state index < -0.39 is 0 Å². The summed E-state index contributed by atoms with van der Waals surface area (Å²) in [5.41, 5.74) is 2.80. The van der Waals surface area contributed by atoms with Crippen LogP contribution in [0.2, 0.25) is 0 Å². The Labute approximate surface area is 153 Å². The quantitative estimate of drug-likeness (QED) is 0.530. The number of aliphatic hydroxyl groups is 2. The third kappa shape index (κ3) is 2.21. The molecule has 140 valence electrons. The molecule has 0 aromatic rings. The summed E-state index contributed by atoms with van der Waals surface area (Å²) < 4.78 is 0. The Morgan fingerprint density at radius 3 is 2.36 bits per heavy atom. The lowest BCUT2D eigenvalue weighted by atomic mass is 9.44. The fraction of sp³-hybridized carbons (Fsp3) is 0.826. The highest BCUT2D eigenvalue weighted by molar-refractivity contribution is 5.43. The number of rotatable bonds is 1. The number of hydrogen-bond donors (Lipinski definition) is 2. The van der Waals surface area contributed by atoms with Crippen molar-refractivity contribution in [3.63, 3.8) is 0 Å². The molecule has 0 aliphatic heterocycles. The first-order valence-corrected chi connectivity index (χ1v) is 10.7. The fourth-order valence-corrected chi connectivity index (χ4v) is 8.25. The van der Waals surface area contributed by atoms with E-state index in [1.807, 2.05) is 0 Å². The van der Waals surface area contributed by atoms with Crippen LogP contribution < -0.4 is 0 Å². The zero-order chi connectivity index (χ0) is 17.8. The van der Waals surface area contributed by atoms with Crippen LogP contribution in [0.5, 0.6) is 0 Å². The van der Waals surface area contributed by atoms with E-state index in [-0.39, 0.29) is 5.41 Å². The minimum absolute atomic E-state index is 0.205. The first kappa shape index (κ1) is 17.5. The van der Waals surface area contributed by atoms with E-state index in [0.29, 0.717) is 23.2 Å². The molecule has 2 heteroatoms. The molecule has 4 fully saturated rings. The molecular formula is C23H36O2. The van der Waals surface area contributed by atoms with Gasteiger partial charge in [0.25, 0.3) is 0 Å². The van der Waals surface area contributed by atoms with E-state index in [2.05, 4.69) is 20.8 Å². The Balaban J connectivity index is 1.76. The smallest absolute Gasteiger partial charge is 0.0830 e. The van der Waals surface area contributed by atoms with Crippen LogP contribution in [-0.2, 0) is 0 Å². The van der Waals surface area contributed by atoms with Gasteiger partial charge in [0.05, 0.1) is 12.5 Å². The second kappa shape index (κ2) is 6.06. The molecule has 0 radical (unpaired) electrons. The highest BCUT2D eigenvalue weighted by Gasteiger charge is 2.62.